The predicted octanol–water partition coefficient (Wildman–Crippen LogP) is 3.57. The van der Waals surface area contributed by atoms with Crippen molar-refractivity contribution in [1.82, 2.24) is 10.6 Å². The van der Waals surface area contributed by atoms with Crippen molar-refractivity contribution < 1.29 is 37.4 Å². The fourth-order valence-electron chi connectivity index (χ4n) is 4.91. The fraction of sp³-hybridized carbons (Fsp3) is 0.375. The summed E-state index contributed by atoms with van der Waals surface area (Å²) >= 11 is 11.3. The highest BCUT2D eigenvalue weighted by Crippen LogP contribution is 2.51. The lowest BCUT2D eigenvalue weighted by molar-refractivity contribution is -0.140. The van der Waals surface area contributed by atoms with Gasteiger partial charge in [0.15, 0.2) is 13.2 Å². The number of carbonyl (C=O) groups excluding carboxylic acids is 3. The summed E-state index contributed by atoms with van der Waals surface area (Å²) < 4.78 is 43.1. The zero-order chi connectivity index (χ0) is 25.9. The van der Waals surface area contributed by atoms with Gasteiger partial charge >= 0.3 is 0 Å². The number of nitrogens with one attached hydrogen (secondary N) is 2. The molecule has 2 N–H and O–H groups in total. The van der Waals surface area contributed by atoms with E-state index in [0.717, 1.165) is 12.1 Å². The Balaban J connectivity index is 1.35. The maximum absolute atomic E-state index is 13.6. The normalized spacial score (nSPS) is 24.2. The van der Waals surface area contributed by atoms with Gasteiger partial charge in [0.1, 0.15) is 29.2 Å². The van der Waals surface area contributed by atoms with E-state index in [4.69, 9.17) is 37.4 Å². The monoisotopic (exact) mass is 542 g/mol. The van der Waals surface area contributed by atoms with Crippen molar-refractivity contribution in [3.8, 4) is 11.5 Å². The van der Waals surface area contributed by atoms with Crippen LogP contribution in [0.3, 0.4) is 0 Å². The number of rotatable bonds is 10. The highest BCUT2D eigenvalue weighted by molar-refractivity contribution is 6.31. The zero-order valence-corrected chi connectivity index (χ0v) is 20.3. The number of fused-ring (bicyclic) bond motifs is 2. The second-order valence-corrected chi connectivity index (χ2v) is 9.68. The molecule has 2 aromatic carbocycles. The molecular weight excluding hydrogens is 521 g/mol. The van der Waals surface area contributed by atoms with Crippen LogP contribution in [0.1, 0.15) is 25.7 Å². The quantitative estimate of drug-likeness (QED) is 0.445. The van der Waals surface area contributed by atoms with Crippen LogP contribution >= 0.6 is 23.2 Å². The third-order valence-electron chi connectivity index (χ3n) is 6.43. The van der Waals surface area contributed by atoms with E-state index >= 15 is 0 Å². The van der Waals surface area contributed by atoms with Crippen LogP contribution in [-0.4, -0.2) is 48.7 Å². The molecular formula is C24H22Cl2F2N2O6. The Bertz CT molecular complexity index is 1190. The molecule has 3 unspecified atom stereocenters. The molecule has 2 amide bonds. The molecule has 0 aliphatic heterocycles. The first kappa shape index (κ1) is 26.0. The minimum Gasteiger partial charge on any atom is -0.484 e. The second kappa shape index (κ2) is 10.5. The van der Waals surface area contributed by atoms with Crippen molar-refractivity contribution in [2.45, 2.75) is 42.9 Å². The van der Waals surface area contributed by atoms with Gasteiger partial charge in [-0.3, -0.25) is 14.4 Å². The topological polar surface area (TPSA) is 103 Å². The van der Waals surface area contributed by atoms with Gasteiger partial charge < -0.3 is 24.8 Å². The van der Waals surface area contributed by atoms with E-state index in [9.17, 15) is 23.2 Å². The molecule has 2 saturated carbocycles. The molecule has 2 bridgehead atoms. The first-order chi connectivity index (χ1) is 17.1. The largest absolute Gasteiger partial charge is 0.484 e. The molecule has 0 aromatic heterocycles. The Morgan fingerprint density at radius 1 is 0.944 bits per heavy atom. The molecule has 12 heteroatoms. The minimum absolute atomic E-state index is 0.0621. The average molecular weight is 543 g/mol. The Labute approximate surface area is 215 Å². The highest BCUT2D eigenvalue weighted by Gasteiger charge is 2.62. The Kier molecular flexibility index (Phi) is 7.56. The van der Waals surface area contributed by atoms with Crippen LogP contribution in [0.4, 0.5) is 8.78 Å². The van der Waals surface area contributed by atoms with Crippen molar-refractivity contribution >= 4 is 41.5 Å². The first-order valence-corrected chi connectivity index (χ1v) is 11.8. The third-order valence-corrected chi connectivity index (χ3v) is 7.04. The molecule has 192 valence electrons. The van der Waals surface area contributed by atoms with E-state index in [0.29, 0.717) is 25.7 Å². The van der Waals surface area contributed by atoms with Crippen molar-refractivity contribution in [2.24, 2.45) is 0 Å². The number of hydrogen-bond donors (Lipinski definition) is 2. The number of halogens is 4. The highest BCUT2D eigenvalue weighted by atomic mass is 35.5. The van der Waals surface area contributed by atoms with Crippen molar-refractivity contribution in [3.05, 3.63) is 58.1 Å². The van der Waals surface area contributed by atoms with Gasteiger partial charge in [0.2, 0.25) is 0 Å². The van der Waals surface area contributed by atoms with Gasteiger partial charge in [-0.2, -0.15) is 0 Å². The summed E-state index contributed by atoms with van der Waals surface area (Å²) in [5.41, 5.74) is -1.63. The van der Waals surface area contributed by atoms with Crippen molar-refractivity contribution in [2.75, 3.05) is 13.2 Å². The molecule has 0 radical (unpaired) electrons. The predicted molar refractivity (Wildman–Crippen MR) is 125 cm³/mol. The summed E-state index contributed by atoms with van der Waals surface area (Å²) in [6, 6.07) is 7.65. The van der Waals surface area contributed by atoms with Crippen LogP contribution in [-0.2, 0) is 19.1 Å². The van der Waals surface area contributed by atoms with Gasteiger partial charge in [-0.1, -0.05) is 23.2 Å². The summed E-state index contributed by atoms with van der Waals surface area (Å²) in [6.45, 7) is -0.464. The molecule has 2 fully saturated rings. The molecule has 4 rings (SSSR count). The van der Waals surface area contributed by atoms with E-state index in [1.165, 1.54) is 24.3 Å². The molecule has 2 aliphatic rings. The van der Waals surface area contributed by atoms with Crippen LogP contribution in [0.25, 0.3) is 0 Å². The third kappa shape index (κ3) is 5.65. The van der Waals surface area contributed by atoms with Crippen LogP contribution in [0.5, 0.6) is 11.5 Å². The number of ether oxygens (including phenoxy) is 3. The standard InChI is InChI=1S/C24H22Cl2F2N2O6/c25-16-3-1-14(7-18(16)27)34-10-21(32)29-23-5-6-24(12-23,20(9-23)36-13-31)30-22(33)11-35-15-2-4-17(26)19(28)8-15/h1-4,7-8,13,20H,5-6,9-12H2,(H,29,32)(H,30,33). The van der Waals surface area contributed by atoms with Gasteiger partial charge in [0.25, 0.3) is 18.3 Å². The van der Waals surface area contributed by atoms with E-state index < -0.39 is 47.2 Å². The maximum Gasteiger partial charge on any atom is 0.293 e. The molecule has 2 aliphatic carbocycles. The zero-order valence-electron chi connectivity index (χ0n) is 18.8. The Hall–Kier alpha value is -3.11. The summed E-state index contributed by atoms with van der Waals surface area (Å²) in [5, 5.41) is 5.67. The number of benzene rings is 2. The lowest BCUT2D eigenvalue weighted by atomic mass is 9.88. The summed E-state index contributed by atoms with van der Waals surface area (Å²) in [6.07, 6.45) is 0.900. The lowest BCUT2D eigenvalue weighted by Crippen LogP contribution is -2.55. The fourth-order valence-corrected chi connectivity index (χ4v) is 5.14. The van der Waals surface area contributed by atoms with Gasteiger partial charge in [-0.05, 0) is 43.5 Å². The second-order valence-electron chi connectivity index (χ2n) is 8.86. The molecule has 3 atom stereocenters. The molecule has 2 aromatic rings. The van der Waals surface area contributed by atoms with Gasteiger partial charge in [0.05, 0.1) is 15.6 Å². The van der Waals surface area contributed by atoms with E-state index in [-0.39, 0.29) is 34.6 Å². The molecule has 0 heterocycles. The van der Waals surface area contributed by atoms with E-state index in [1.807, 2.05) is 0 Å². The smallest absolute Gasteiger partial charge is 0.293 e. The Morgan fingerprint density at radius 3 is 2.03 bits per heavy atom. The minimum atomic E-state index is -0.903. The summed E-state index contributed by atoms with van der Waals surface area (Å²) in [5.74, 6) is -2.02. The van der Waals surface area contributed by atoms with Crippen LogP contribution in [0.15, 0.2) is 36.4 Å². The van der Waals surface area contributed by atoms with Crippen molar-refractivity contribution in [1.29, 1.82) is 0 Å². The average Bonchev–Trinajstić information content (AvgIpc) is 3.32. The van der Waals surface area contributed by atoms with Crippen LogP contribution in [0, 0.1) is 11.6 Å². The Morgan fingerprint density at radius 2 is 1.50 bits per heavy atom. The summed E-state index contributed by atoms with van der Waals surface area (Å²) in [7, 11) is 0. The summed E-state index contributed by atoms with van der Waals surface area (Å²) in [4.78, 5) is 36.4. The van der Waals surface area contributed by atoms with Gasteiger partial charge in [-0.15, -0.1) is 0 Å². The van der Waals surface area contributed by atoms with E-state index in [1.54, 1.807) is 0 Å². The first-order valence-electron chi connectivity index (χ1n) is 11.0. The number of amides is 2. The van der Waals surface area contributed by atoms with Crippen LogP contribution < -0.4 is 20.1 Å². The molecule has 36 heavy (non-hydrogen) atoms. The van der Waals surface area contributed by atoms with Gasteiger partial charge in [0, 0.05) is 24.1 Å². The molecule has 0 saturated heterocycles. The molecule has 0 spiro atoms. The lowest BCUT2D eigenvalue weighted by Gasteiger charge is -2.35. The maximum atomic E-state index is 13.6. The van der Waals surface area contributed by atoms with Crippen LogP contribution in [0.2, 0.25) is 10.0 Å². The van der Waals surface area contributed by atoms with Crippen molar-refractivity contribution in [3.63, 3.8) is 0 Å². The number of carbonyl (C=O) groups is 3. The number of hydrogen-bond acceptors (Lipinski definition) is 6. The molecule has 8 nitrogen and oxygen atoms in total. The van der Waals surface area contributed by atoms with E-state index in [2.05, 4.69) is 10.6 Å². The van der Waals surface area contributed by atoms with Gasteiger partial charge in [-0.25, -0.2) is 8.78 Å². The SMILES string of the molecule is O=COC1CC2(NC(=O)COc3ccc(Cl)c(F)c3)CCC1(NC(=O)COc1ccc(Cl)c(F)c1)C2.